The van der Waals surface area contributed by atoms with Crippen LogP contribution in [0.15, 0.2) is 22.7 Å². The zero-order chi connectivity index (χ0) is 10.1. The van der Waals surface area contributed by atoms with Crippen molar-refractivity contribution in [3.63, 3.8) is 0 Å². The van der Waals surface area contributed by atoms with E-state index in [4.69, 9.17) is 18.0 Å². The number of hydrogen-bond acceptors (Lipinski definition) is 0. The molecule has 0 saturated heterocycles. The Bertz CT molecular complexity index is 341. The molecule has 2 heteroatoms. The van der Waals surface area contributed by atoms with Crippen LogP contribution in [0.2, 0.25) is 5.02 Å². The van der Waals surface area contributed by atoms with Crippen molar-refractivity contribution in [2.45, 2.75) is 19.3 Å². The van der Waals surface area contributed by atoms with E-state index in [-0.39, 0.29) is 5.41 Å². The van der Waals surface area contributed by atoms with E-state index < -0.39 is 0 Å². The highest BCUT2D eigenvalue weighted by Crippen LogP contribution is 2.35. The Kier molecular flexibility index (Phi) is 3.05. The minimum atomic E-state index is -0.336. The molecule has 0 heterocycles. The van der Waals surface area contributed by atoms with E-state index in [9.17, 15) is 0 Å². The van der Waals surface area contributed by atoms with Gasteiger partial charge in [-0.2, -0.15) is 0 Å². The lowest BCUT2D eigenvalue weighted by molar-refractivity contribution is 0.695. The molecule has 1 rings (SSSR count). The lowest BCUT2D eigenvalue weighted by Crippen LogP contribution is -2.15. The SMILES string of the molecule is C#CC(C)(C)c1c(Cl)cccc1Br. The van der Waals surface area contributed by atoms with Crippen LogP contribution in [0.3, 0.4) is 0 Å². The molecule has 0 spiro atoms. The van der Waals surface area contributed by atoms with Gasteiger partial charge in [-0.25, -0.2) is 0 Å². The van der Waals surface area contributed by atoms with E-state index in [1.807, 2.05) is 32.0 Å². The van der Waals surface area contributed by atoms with Crippen molar-refractivity contribution in [2.75, 3.05) is 0 Å². The van der Waals surface area contributed by atoms with Crippen LogP contribution in [-0.4, -0.2) is 0 Å². The van der Waals surface area contributed by atoms with E-state index in [0.29, 0.717) is 5.02 Å². The molecular weight excluding hydrogens is 247 g/mol. The molecular formula is C11H10BrCl. The molecule has 0 bridgehead atoms. The fourth-order valence-corrected chi connectivity index (χ4v) is 2.55. The molecule has 13 heavy (non-hydrogen) atoms. The second-order valence-electron chi connectivity index (χ2n) is 3.37. The van der Waals surface area contributed by atoms with E-state index in [0.717, 1.165) is 10.0 Å². The predicted molar refractivity (Wildman–Crippen MR) is 61.0 cm³/mol. The van der Waals surface area contributed by atoms with Crippen LogP contribution in [0.4, 0.5) is 0 Å². The molecule has 0 unspecified atom stereocenters. The Hall–Kier alpha value is -0.450. The van der Waals surface area contributed by atoms with Gasteiger partial charge in [0.1, 0.15) is 0 Å². The van der Waals surface area contributed by atoms with Crippen LogP contribution in [0.25, 0.3) is 0 Å². The third kappa shape index (κ3) is 2.07. The normalized spacial score (nSPS) is 11.0. The van der Waals surface area contributed by atoms with Crippen molar-refractivity contribution in [3.05, 3.63) is 33.3 Å². The van der Waals surface area contributed by atoms with Crippen LogP contribution in [0, 0.1) is 12.3 Å². The molecule has 0 aliphatic heterocycles. The van der Waals surface area contributed by atoms with Gasteiger partial charge in [-0.15, -0.1) is 6.42 Å². The number of terminal acetylenes is 1. The molecule has 0 atom stereocenters. The summed E-state index contributed by atoms with van der Waals surface area (Å²) in [5, 5.41) is 0.706. The molecule has 0 saturated carbocycles. The molecule has 0 aliphatic rings. The maximum Gasteiger partial charge on any atom is 0.0529 e. The molecule has 68 valence electrons. The van der Waals surface area contributed by atoms with Crippen LogP contribution >= 0.6 is 27.5 Å². The van der Waals surface area contributed by atoms with Crippen molar-refractivity contribution < 1.29 is 0 Å². The Labute approximate surface area is 92.4 Å². The second kappa shape index (κ2) is 3.74. The minimum Gasteiger partial charge on any atom is -0.119 e. The molecule has 0 nitrogen and oxygen atoms in total. The lowest BCUT2D eigenvalue weighted by atomic mass is 9.86. The van der Waals surface area contributed by atoms with Gasteiger partial charge >= 0.3 is 0 Å². The first-order valence-corrected chi connectivity index (χ1v) is 5.08. The maximum atomic E-state index is 6.07. The number of halogens is 2. The third-order valence-corrected chi connectivity index (χ3v) is 2.92. The first kappa shape index (κ1) is 10.6. The highest BCUT2D eigenvalue weighted by atomic mass is 79.9. The molecule has 0 amide bonds. The summed E-state index contributed by atoms with van der Waals surface area (Å²) in [6.45, 7) is 3.94. The summed E-state index contributed by atoms with van der Waals surface area (Å²) in [6, 6.07) is 5.68. The Morgan fingerprint density at radius 3 is 2.54 bits per heavy atom. The molecule has 0 N–H and O–H groups in total. The van der Waals surface area contributed by atoms with Crippen molar-refractivity contribution in [1.82, 2.24) is 0 Å². The second-order valence-corrected chi connectivity index (χ2v) is 4.63. The first-order valence-electron chi connectivity index (χ1n) is 3.91. The predicted octanol–water partition coefficient (Wildman–Crippen LogP) is 4.01. The van der Waals surface area contributed by atoms with E-state index in [1.165, 1.54) is 0 Å². The first-order chi connectivity index (χ1) is 5.99. The molecule has 0 aromatic heterocycles. The summed E-state index contributed by atoms with van der Waals surface area (Å²) in [5.74, 6) is 2.72. The number of benzene rings is 1. The van der Waals surface area contributed by atoms with Crippen molar-refractivity contribution in [3.8, 4) is 12.3 Å². The zero-order valence-electron chi connectivity index (χ0n) is 7.57. The van der Waals surface area contributed by atoms with Crippen LogP contribution in [0.1, 0.15) is 19.4 Å². The van der Waals surface area contributed by atoms with Gasteiger partial charge in [0.25, 0.3) is 0 Å². The Morgan fingerprint density at radius 2 is 2.08 bits per heavy atom. The summed E-state index contributed by atoms with van der Waals surface area (Å²) >= 11 is 9.51. The molecule has 0 aliphatic carbocycles. The van der Waals surface area contributed by atoms with Crippen molar-refractivity contribution >= 4 is 27.5 Å². The standard InChI is InChI=1S/C11H10BrCl/c1-4-11(2,3)10-8(12)6-5-7-9(10)13/h1,5-7H,2-3H3. The summed E-state index contributed by atoms with van der Waals surface area (Å²) < 4.78 is 0.961. The monoisotopic (exact) mass is 256 g/mol. The average Bonchev–Trinajstić information content (AvgIpc) is 2.03. The minimum absolute atomic E-state index is 0.336. The number of hydrogen-bond donors (Lipinski definition) is 0. The molecule has 0 fully saturated rings. The highest BCUT2D eigenvalue weighted by molar-refractivity contribution is 9.10. The molecule has 1 aromatic carbocycles. The van der Waals surface area contributed by atoms with Gasteiger partial charge in [0.05, 0.1) is 5.41 Å². The largest absolute Gasteiger partial charge is 0.119 e. The fraction of sp³-hybridized carbons (Fsp3) is 0.273. The van der Waals surface area contributed by atoms with Gasteiger partial charge in [-0.3, -0.25) is 0 Å². The van der Waals surface area contributed by atoms with Crippen molar-refractivity contribution in [1.29, 1.82) is 0 Å². The van der Waals surface area contributed by atoms with E-state index >= 15 is 0 Å². The zero-order valence-corrected chi connectivity index (χ0v) is 9.91. The van der Waals surface area contributed by atoms with Gasteiger partial charge in [-0.05, 0) is 26.0 Å². The van der Waals surface area contributed by atoms with E-state index in [2.05, 4.69) is 21.9 Å². The van der Waals surface area contributed by atoms with Crippen molar-refractivity contribution in [2.24, 2.45) is 0 Å². The van der Waals surface area contributed by atoms with Crippen LogP contribution in [0.5, 0.6) is 0 Å². The number of rotatable bonds is 1. The summed E-state index contributed by atoms with van der Waals surface area (Å²) in [5.41, 5.74) is 0.635. The van der Waals surface area contributed by atoms with Gasteiger partial charge in [-0.1, -0.05) is 39.5 Å². The summed E-state index contributed by atoms with van der Waals surface area (Å²) in [7, 11) is 0. The van der Waals surface area contributed by atoms with Gasteiger partial charge in [0.2, 0.25) is 0 Å². The Balaban J connectivity index is 3.38. The average molecular weight is 258 g/mol. The summed E-state index contributed by atoms with van der Waals surface area (Å²) in [4.78, 5) is 0. The maximum absolute atomic E-state index is 6.07. The van der Waals surface area contributed by atoms with Crippen LogP contribution < -0.4 is 0 Å². The smallest absolute Gasteiger partial charge is 0.0529 e. The highest BCUT2D eigenvalue weighted by Gasteiger charge is 2.22. The van der Waals surface area contributed by atoms with Crippen LogP contribution in [-0.2, 0) is 5.41 Å². The lowest BCUT2D eigenvalue weighted by Gasteiger charge is -2.21. The van der Waals surface area contributed by atoms with Gasteiger partial charge in [0, 0.05) is 15.1 Å². The van der Waals surface area contributed by atoms with E-state index in [1.54, 1.807) is 0 Å². The molecule has 1 aromatic rings. The Morgan fingerprint density at radius 1 is 1.46 bits per heavy atom. The third-order valence-electron chi connectivity index (χ3n) is 1.95. The molecule has 0 radical (unpaired) electrons. The van der Waals surface area contributed by atoms with Gasteiger partial charge < -0.3 is 0 Å². The van der Waals surface area contributed by atoms with Gasteiger partial charge in [0.15, 0.2) is 0 Å². The quantitative estimate of drug-likeness (QED) is 0.667. The topological polar surface area (TPSA) is 0 Å². The summed E-state index contributed by atoms with van der Waals surface area (Å²) in [6.07, 6.45) is 5.45. The fourth-order valence-electron chi connectivity index (χ4n) is 1.17.